The first-order valence-corrected chi connectivity index (χ1v) is 10.6. The van der Waals surface area contributed by atoms with Gasteiger partial charge in [-0.3, -0.25) is 9.36 Å². The number of hydrogen-bond acceptors (Lipinski definition) is 8. The molecule has 1 saturated carbocycles. The zero-order valence-electron chi connectivity index (χ0n) is 15.1. The average molecular weight is 419 g/mol. The van der Waals surface area contributed by atoms with Gasteiger partial charge in [-0.15, -0.1) is 21.5 Å². The van der Waals surface area contributed by atoms with Crippen molar-refractivity contribution in [3.63, 3.8) is 0 Å². The van der Waals surface area contributed by atoms with Crippen LogP contribution >= 0.6 is 23.1 Å². The van der Waals surface area contributed by atoms with E-state index in [1.807, 2.05) is 16.7 Å². The number of anilines is 1. The summed E-state index contributed by atoms with van der Waals surface area (Å²) in [5, 5.41) is 13.8. The summed E-state index contributed by atoms with van der Waals surface area (Å²) in [6.07, 6.45) is 3.85. The van der Waals surface area contributed by atoms with Gasteiger partial charge in [-0.2, -0.15) is 0 Å². The van der Waals surface area contributed by atoms with Gasteiger partial charge in [0, 0.05) is 5.92 Å². The number of furan rings is 1. The molecule has 1 fully saturated rings. The van der Waals surface area contributed by atoms with Gasteiger partial charge in [-0.1, -0.05) is 11.8 Å². The standard InChI is InChI=1S/C18H18N4O4S2/c1-25-17(24)15-13(6-8-27-15)19-14(23)10-28-18-21-20-16(11-4-5-11)22(18)9-12-3-2-7-26-12/h2-3,6-8,11H,4-5,9-10H2,1H3,(H,19,23). The van der Waals surface area contributed by atoms with Crippen molar-refractivity contribution in [2.75, 3.05) is 18.2 Å². The van der Waals surface area contributed by atoms with E-state index in [2.05, 4.69) is 15.5 Å². The Bertz CT molecular complexity index is 976. The molecule has 1 amide bonds. The lowest BCUT2D eigenvalue weighted by atomic mass is 10.3. The number of methoxy groups -OCH3 is 1. The molecular weight excluding hydrogens is 400 g/mol. The van der Waals surface area contributed by atoms with Gasteiger partial charge in [-0.05, 0) is 36.4 Å². The van der Waals surface area contributed by atoms with Crippen LogP contribution in [0.15, 0.2) is 39.4 Å². The second-order valence-electron chi connectivity index (χ2n) is 6.27. The van der Waals surface area contributed by atoms with Crippen molar-refractivity contribution >= 4 is 40.7 Å². The molecule has 0 aliphatic heterocycles. The zero-order valence-corrected chi connectivity index (χ0v) is 16.7. The van der Waals surface area contributed by atoms with Crippen molar-refractivity contribution in [1.29, 1.82) is 0 Å². The minimum Gasteiger partial charge on any atom is -0.467 e. The monoisotopic (exact) mass is 418 g/mol. The van der Waals surface area contributed by atoms with Crippen LogP contribution in [0, 0.1) is 0 Å². The van der Waals surface area contributed by atoms with Crippen LogP contribution in [0.4, 0.5) is 5.69 Å². The SMILES string of the molecule is COC(=O)c1sccc1NC(=O)CSc1nnc(C2CC2)n1Cc1ccco1. The Morgan fingerprint density at radius 2 is 2.25 bits per heavy atom. The third-order valence-electron chi connectivity index (χ3n) is 4.22. The number of hydrogen-bond donors (Lipinski definition) is 1. The van der Waals surface area contributed by atoms with Gasteiger partial charge in [0.2, 0.25) is 5.91 Å². The number of amides is 1. The molecule has 0 saturated heterocycles. The maximum Gasteiger partial charge on any atom is 0.350 e. The molecule has 3 aromatic heterocycles. The van der Waals surface area contributed by atoms with Crippen LogP contribution in [0.5, 0.6) is 0 Å². The van der Waals surface area contributed by atoms with Crippen molar-refractivity contribution in [1.82, 2.24) is 14.8 Å². The predicted molar refractivity (Wildman–Crippen MR) is 105 cm³/mol. The quantitative estimate of drug-likeness (QED) is 0.442. The Balaban J connectivity index is 1.43. The molecule has 0 spiro atoms. The number of nitrogens with zero attached hydrogens (tertiary/aromatic N) is 3. The highest BCUT2D eigenvalue weighted by molar-refractivity contribution is 7.99. The third-order valence-corrected chi connectivity index (χ3v) is 6.09. The summed E-state index contributed by atoms with van der Waals surface area (Å²) in [6.45, 7) is 0.535. The summed E-state index contributed by atoms with van der Waals surface area (Å²) >= 11 is 2.53. The molecule has 1 aliphatic carbocycles. The van der Waals surface area contributed by atoms with Crippen LogP contribution in [0.1, 0.15) is 40.0 Å². The lowest BCUT2D eigenvalue weighted by molar-refractivity contribution is -0.113. The summed E-state index contributed by atoms with van der Waals surface area (Å²) in [5.41, 5.74) is 0.457. The van der Waals surface area contributed by atoms with E-state index in [1.54, 1.807) is 17.7 Å². The second kappa shape index (κ2) is 8.19. The fourth-order valence-corrected chi connectivity index (χ4v) is 4.24. The first-order valence-electron chi connectivity index (χ1n) is 8.69. The first-order chi connectivity index (χ1) is 13.7. The number of esters is 1. The van der Waals surface area contributed by atoms with Gasteiger partial charge in [0.15, 0.2) is 5.16 Å². The van der Waals surface area contributed by atoms with Gasteiger partial charge < -0.3 is 14.5 Å². The normalized spacial score (nSPS) is 13.5. The Morgan fingerprint density at radius 1 is 1.39 bits per heavy atom. The van der Waals surface area contributed by atoms with Crippen molar-refractivity contribution in [2.24, 2.45) is 0 Å². The molecule has 10 heteroatoms. The Kier molecular flexibility index (Phi) is 5.49. The number of thioether (sulfide) groups is 1. The topological polar surface area (TPSA) is 99.2 Å². The second-order valence-corrected chi connectivity index (χ2v) is 8.13. The van der Waals surface area contributed by atoms with E-state index >= 15 is 0 Å². The van der Waals surface area contributed by atoms with Crippen molar-refractivity contribution in [3.05, 3.63) is 46.3 Å². The van der Waals surface area contributed by atoms with E-state index in [0.29, 0.717) is 28.2 Å². The van der Waals surface area contributed by atoms with E-state index in [9.17, 15) is 9.59 Å². The number of aromatic nitrogens is 3. The third kappa shape index (κ3) is 4.12. The summed E-state index contributed by atoms with van der Waals surface area (Å²) < 4.78 is 12.2. The van der Waals surface area contributed by atoms with Gasteiger partial charge in [0.25, 0.3) is 0 Å². The highest BCUT2D eigenvalue weighted by Gasteiger charge is 2.31. The zero-order chi connectivity index (χ0) is 19.5. The molecule has 0 radical (unpaired) electrons. The van der Waals surface area contributed by atoms with Gasteiger partial charge in [0.1, 0.15) is 16.5 Å². The predicted octanol–water partition coefficient (Wildman–Crippen LogP) is 3.38. The highest BCUT2D eigenvalue weighted by atomic mass is 32.2. The molecule has 8 nitrogen and oxygen atoms in total. The number of ether oxygens (including phenoxy) is 1. The lowest BCUT2D eigenvalue weighted by Crippen LogP contribution is -2.16. The molecule has 1 N–H and O–H groups in total. The molecule has 3 heterocycles. The van der Waals surface area contributed by atoms with E-state index in [0.717, 1.165) is 24.4 Å². The Labute approximate surface area is 169 Å². The van der Waals surface area contributed by atoms with Crippen LogP contribution in [0.25, 0.3) is 0 Å². The van der Waals surface area contributed by atoms with Crippen LogP contribution in [0.2, 0.25) is 0 Å². The van der Waals surface area contributed by atoms with Crippen LogP contribution in [0.3, 0.4) is 0 Å². The minimum atomic E-state index is -0.467. The number of nitrogens with one attached hydrogen (secondary N) is 1. The molecule has 1 aliphatic rings. The number of thiophene rings is 1. The average Bonchev–Trinajstić information content (AvgIpc) is 3.09. The largest absolute Gasteiger partial charge is 0.467 e. The van der Waals surface area contributed by atoms with E-state index < -0.39 is 5.97 Å². The Hall–Kier alpha value is -2.59. The van der Waals surface area contributed by atoms with E-state index in [-0.39, 0.29) is 11.7 Å². The molecular formula is C18H18N4O4S2. The number of carbonyl (C=O) groups excluding carboxylic acids is 2. The van der Waals surface area contributed by atoms with Gasteiger partial charge in [0.05, 0.1) is 31.4 Å². The van der Waals surface area contributed by atoms with Gasteiger partial charge in [-0.25, -0.2) is 4.79 Å². The molecule has 4 rings (SSSR count). The summed E-state index contributed by atoms with van der Waals surface area (Å²) in [7, 11) is 1.31. The van der Waals surface area contributed by atoms with Crippen molar-refractivity contribution in [3.8, 4) is 0 Å². The van der Waals surface area contributed by atoms with Crippen LogP contribution < -0.4 is 5.32 Å². The molecule has 146 valence electrons. The molecule has 28 heavy (non-hydrogen) atoms. The first kappa shape index (κ1) is 18.8. The van der Waals surface area contributed by atoms with Crippen molar-refractivity contribution in [2.45, 2.75) is 30.5 Å². The van der Waals surface area contributed by atoms with Crippen LogP contribution in [-0.2, 0) is 16.1 Å². The molecule has 0 atom stereocenters. The van der Waals surface area contributed by atoms with Crippen molar-refractivity contribution < 1.29 is 18.7 Å². The minimum absolute atomic E-state index is 0.150. The molecule has 0 aromatic carbocycles. The maximum atomic E-state index is 12.4. The molecule has 0 bridgehead atoms. The smallest absolute Gasteiger partial charge is 0.350 e. The molecule has 3 aromatic rings. The lowest BCUT2D eigenvalue weighted by Gasteiger charge is -2.08. The molecule has 0 unspecified atom stereocenters. The fourth-order valence-electron chi connectivity index (χ4n) is 2.73. The van der Waals surface area contributed by atoms with E-state index in [4.69, 9.17) is 9.15 Å². The number of rotatable bonds is 8. The van der Waals surface area contributed by atoms with Gasteiger partial charge >= 0.3 is 5.97 Å². The fraction of sp³-hybridized carbons (Fsp3) is 0.333. The summed E-state index contributed by atoms with van der Waals surface area (Å²) in [6, 6.07) is 5.43. The highest BCUT2D eigenvalue weighted by Crippen LogP contribution is 2.40. The Morgan fingerprint density at radius 3 is 2.96 bits per heavy atom. The number of carbonyl (C=O) groups is 2. The van der Waals surface area contributed by atoms with E-state index in [1.165, 1.54) is 30.2 Å². The summed E-state index contributed by atoms with van der Waals surface area (Å²) in [5.74, 6) is 1.63. The summed E-state index contributed by atoms with van der Waals surface area (Å²) in [4.78, 5) is 24.5. The maximum absolute atomic E-state index is 12.4. The van der Waals surface area contributed by atoms with Crippen LogP contribution in [-0.4, -0.2) is 39.5 Å².